The third kappa shape index (κ3) is 3.44. The van der Waals surface area contributed by atoms with Crippen LogP contribution in [0, 0.1) is 11.2 Å². The number of carbonyl (C=O) groups is 1. The van der Waals surface area contributed by atoms with Gasteiger partial charge in [-0.05, 0) is 61.8 Å². The molecule has 1 N–H and O–H groups in total. The van der Waals surface area contributed by atoms with E-state index >= 15 is 0 Å². The van der Waals surface area contributed by atoms with Crippen LogP contribution in [-0.4, -0.2) is 49.1 Å². The highest BCUT2D eigenvalue weighted by atomic mass is 19.1. The molecule has 4 nitrogen and oxygen atoms in total. The van der Waals surface area contributed by atoms with E-state index in [0.29, 0.717) is 0 Å². The van der Waals surface area contributed by atoms with Gasteiger partial charge in [0.25, 0.3) is 0 Å². The van der Waals surface area contributed by atoms with Gasteiger partial charge in [-0.15, -0.1) is 0 Å². The van der Waals surface area contributed by atoms with Gasteiger partial charge in [-0.25, -0.2) is 9.18 Å². The summed E-state index contributed by atoms with van der Waals surface area (Å²) in [4.78, 5) is 17.0. The molecule has 2 fully saturated rings. The van der Waals surface area contributed by atoms with Crippen LogP contribution >= 0.6 is 0 Å². The zero-order valence-electron chi connectivity index (χ0n) is 15.0. The Morgan fingerprint density at radius 2 is 1.81 bits per heavy atom. The molecule has 2 aromatic rings. The molecular weight excluding hydrogens is 329 g/mol. The Morgan fingerprint density at radius 1 is 1.04 bits per heavy atom. The highest BCUT2D eigenvalue weighted by Gasteiger charge is 2.43. The second kappa shape index (κ2) is 6.72. The molecule has 1 atom stereocenters. The summed E-state index contributed by atoms with van der Waals surface area (Å²) in [5, 5.41) is 3.02. The number of halogens is 1. The minimum Gasteiger partial charge on any atom is -0.324 e. The van der Waals surface area contributed by atoms with Crippen LogP contribution in [0.2, 0.25) is 0 Å². The summed E-state index contributed by atoms with van der Waals surface area (Å²) in [5.41, 5.74) is 2.93. The van der Waals surface area contributed by atoms with Gasteiger partial charge in [0, 0.05) is 30.7 Å². The lowest BCUT2D eigenvalue weighted by Crippen LogP contribution is -2.36. The Kier molecular flexibility index (Phi) is 4.41. The largest absolute Gasteiger partial charge is 0.324 e. The van der Waals surface area contributed by atoms with Crippen LogP contribution in [0.15, 0.2) is 48.5 Å². The smallest absolute Gasteiger partial charge is 0.321 e. The van der Waals surface area contributed by atoms with E-state index in [-0.39, 0.29) is 17.3 Å². The van der Waals surface area contributed by atoms with Gasteiger partial charge in [0.15, 0.2) is 0 Å². The Balaban J connectivity index is 1.43. The number of hydrogen-bond acceptors (Lipinski definition) is 2. The number of nitrogens with one attached hydrogen (secondary N) is 1. The predicted octanol–water partition coefficient (Wildman–Crippen LogP) is 4.05. The van der Waals surface area contributed by atoms with E-state index in [2.05, 4.69) is 17.3 Å². The van der Waals surface area contributed by atoms with Gasteiger partial charge in [0.1, 0.15) is 5.82 Å². The third-order valence-electron chi connectivity index (χ3n) is 5.65. The van der Waals surface area contributed by atoms with Crippen molar-refractivity contribution in [3.8, 4) is 11.1 Å². The van der Waals surface area contributed by atoms with Crippen molar-refractivity contribution < 1.29 is 9.18 Å². The van der Waals surface area contributed by atoms with Crippen molar-refractivity contribution in [1.29, 1.82) is 0 Å². The maximum absolute atomic E-state index is 13.1. The number of nitrogens with zero attached hydrogens (tertiary/aromatic N) is 2. The summed E-state index contributed by atoms with van der Waals surface area (Å²) in [5.74, 6) is -0.251. The summed E-state index contributed by atoms with van der Waals surface area (Å²) in [6.07, 6.45) is 2.26. The van der Waals surface area contributed by atoms with E-state index < -0.39 is 0 Å². The molecule has 2 aliphatic heterocycles. The molecule has 5 heteroatoms. The zero-order chi connectivity index (χ0) is 18.1. The van der Waals surface area contributed by atoms with Crippen molar-refractivity contribution in [2.24, 2.45) is 5.41 Å². The van der Waals surface area contributed by atoms with Crippen molar-refractivity contribution >= 4 is 11.7 Å². The fraction of sp³-hybridized carbons (Fsp3) is 0.381. The molecule has 26 heavy (non-hydrogen) atoms. The minimum atomic E-state index is -0.251. The molecule has 0 bridgehead atoms. The summed E-state index contributed by atoms with van der Waals surface area (Å²) in [7, 11) is 2.15. The molecule has 0 aliphatic carbocycles. The predicted molar refractivity (Wildman–Crippen MR) is 102 cm³/mol. The number of hydrogen-bond donors (Lipinski definition) is 1. The number of benzene rings is 2. The molecule has 2 aliphatic rings. The third-order valence-corrected chi connectivity index (χ3v) is 5.65. The van der Waals surface area contributed by atoms with Gasteiger partial charge in [-0.2, -0.15) is 0 Å². The first-order valence-corrected chi connectivity index (χ1v) is 9.14. The lowest BCUT2D eigenvalue weighted by molar-refractivity contribution is 0.212. The van der Waals surface area contributed by atoms with Gasteiger partial charge in [0.2, 0.25) is 0 Å². The van der Waals surface area contributed by atoms with Crippen LogP contribution in [0.1, 0.15) is 12.8 Å². The zero-order valence-corrected chi connectivity index (χ0v) is 15.0. The van der Waals surface area contributed by atoms with Gasteiger partial charge < -0.3 is 15.1 Å². The SMILES string of the molecule is CN1CCC2(CCN(C(=O)Nc3cccc(-c4ccc(F)cc4)c3)C2)C1. The number of anilines is 1. The van der Waals surface area contributed by atoms with E-state index in [1.807, 2.05) is 29.2 Å². The average Bonchev–Trinajstić information content (AvgIpc) is 3.22. The Labute approximate surface area is 153 Å². The second-order valence-corrected chi connectivity index (χ2v) is 7.68. The molecule has 4 rings (SSSR count). The standard InChI is InChI=1S/C21H24FN3O/c1-24-11-9-21(14-24)10-12-25(15-21)20(26)23-19-4-2-3-17(13-19)16-5-7-18(22)8-6-16/h2-8,13H,9-12,14-15H2,1H3,(H,23,26). The van der Waals surface area contributed by atoms with E-state index in [9.17, 15) is 9.18 Å². The van der Waals surface area contributed by atoms with Crippen molar-refractivity contribution in [2.45, 2.75) is 12.8 Å². The number of amides is 2. The summed E-state index contributed by atoms with van der Waals surface area (Å²) < 4.78 is 13.1. The number of urea groups is 1. The highest BCUT2D eigenvalue weighted by molar-refractivity contribution is 5.90. The topological polar surface area (TPSA) is 35.6 Å². The van der Waals surface area contributed by atoms with Gasteiger partial charge >= 0.3 is 6.03 Å². The molecule has 2 saturated heterocycles. The van der Waals surface area contributed by atoms with E-state index in [1.165, 1.54) is 18.6 Å². The molecule has 0 saturated carbocycles. The van der Waals surface area contributed by atoms with Gasteiger partial charge in [-0.3, -0.25) is 0 Å². The summed E-state index contributed by atoms with van der Waals surface area (Å²) in [6.45, 7) is 3.85. The summed E-state index contributed by atoms with van der Waals surface area (Å²) in [6, 6.07) is 14.0. The Morgan fingerprint density at radius 3 is 2.54 bits per heavy atom. The minimum absolute atomic E-state index is 0.0346. The number of carbonyl (C=O) groups excluding carboxylic acids is 1. The maximum atomic E-state index is 13.1. The van der Waals surface area contributed by atoms with Crippen molar-refractivity contribution in [2.75, 3.05) is 38.5 Å². The fourth-order valence-corrected chi connectivity index (χ4v) is 4.22. The molecule has 136 valence electrons. The first-order valence-electron chi connectivity index (χ1n) is 9.14. The number of rotatable bonds is 2. The molecule has 1 spiro atoms. The maximum Gasteiger partial charge on any atom is 0.321 e. The van der Waals surface area contributed by atoms with E-state index in [4.69, 9.17) is 0 Å². The van der Waals surface area contributed by atoms with Crippen LogP contribution in [0.25, 0.3) is 11.1 Å². The molecule has 0 aromatic heterocycles. The molecule has 0 radical (unpaired) electrons. The quantitative estimate of drug-likeness (QED) is 0.884. The van der Waals surface area contributed by atoms with Crippen LogP contribution in [-0.2, 0) is 0 Å². The summed E-state index contributed by atoms with van der Waals surface area (Å²) >= 11 is 0. The Hall–Kier alpha value is -2.40. The van der Waals surface area contributed by atoms with Gasteiger partial charge in [-0.1, -0.05) is 24.3 Å². The second-order valence-electron chi connectivity index (χ2n) is 7.68. The van der Waals surface area contributed by atoms with Crippen molar-refractivity contribution in [3.63, 3.8) is 0 Å². The fourth-order valence-electron chi connectivity index (χ4n) is 4.22. The van der Waals surface area contributed by atoms with Crippen molar-refractivity contribution in [1.82, 2.24) is 9.80 Å². The van der Waals surface area contributed by atoms with Crippen LogP contribution in [0.4, 0.5) is 14.9 Å². The molecule has 1 unspecified atom stereocenters. The van der Waals surface area contributed by atoms with E-state index in [1.54, 1.807) is 12.1 Å². The van der Waals surface area contributed by atoms with Crippen molar-refractivity contribution in [3.05, 3.63) is 54.3 Å². The lowest BCUT2D eigenvalue weighted by atomic mass is 9.86. The molecule has 2 amide bonds. The van der Waals surface area contributed by atoms with E-state index in [0.717, 1.165) is 49.4 Å². The Bertz CT molecular complexity index is 807. The molecule has 2 heterocycles. The normalized spacial score (nSPS) is 22.9. The first-order chi connectivity index (χ1) is 12.5. The van der Waals surface area contributed by atoms with Crippen LogP contribution < -0.4 is 5.32 Å². The monoisotopic (exact) mass is 353 g/mol. The average molecular weight is 353 g/mol. The number of likely N-dealkylation sites (tertiary alicyclic amines) is 2. The highest BCUT2D eigenvalue weighted by Crippen LogP contribution is 2.39. The molecule has 2 aromatic carbocycles. The first kappa shape index (κ1) is 17.0. The lowest BCUT2D eigenvalue weighted by Gasteiger charge is -2.24. The molecular formula is C21H24FN3O. The van der Waals surface area contributed by atoms with Gasteiger partial charge in [0.05, 0.1) is 0 Å². The van der Waals surface area contributed by atoms with Crippen LogP contribution in [0.5, 0.6) is 0 Å². The van der Waals surface area contributed by atoms with Crippen LogP contribution in [0.3, 0.4) is 0 Å².